The molecular weight excluding hydrogens is 230 g/mol. The molecule has 0 aliphatic rings. The van der Waals surface area contributed by atoms with Crippen molar-refractivity contribution in [1.29, 1.82) is 0 Å². The molecule has 106 valence electrons. The second kappa shape index (κ2) is 7.36. The summed E-state index contributed by atoms with van der Waals surface area (Å²) in [6.45, 7) is 9.78. The van der Waals surface area contributed by atoms with Crippen molar-refractivity contribution in [3.63, 3.8) is 0 Å². The molecule has 0 saturated carbocycles. The lowest BCUT2D eigenvalue weighted by Gasteiger charge is -2.24. The van der Waals surface area contributed by atoms with Gasteiger partial charge >= 0.3 is 0 Å². The zero-order valence-corrected chi connectivity index (χ0v) is 12.2. The van der Waals surface area contributed by atoms with E-state index in [1.165, 1.54) is 0 Å². The minimum Gasteiger partial charge on any atom is -0.369 e. The van der Waals surface area contributed by atoms with Crippen molar-refractivity contribution in [1.82, 2.24) is 10.6 Å². The van der Waals surface area contributed by atoms with Gasteiger partial charge in [-0.05, 0) is 33.6 Å². The monoisotopic (exact) mass is 257 g/mol. The van der Waals surface area contributed by atoms with Crippen LogP contribution in [0.15, 0.2) is 0 Å². The van der Waals surface area contributed by atoms with Crippen LogP contribution in [0.4, 0.5) is 0 Å². The van der Waals surface area contributed by atoms with Gasteiger partial charge in [0, 0.05) is 12.6 Å². The molecular formula is C13H27N3O2. The van der Waals surface area contributed by atoms with Crippen molar-refractivity contribution in [2.45, 2.75) is 59.5 Å². The summed E-state index contributed by atoms with van der Waals surface area (Å²) in [6.07, 6.45) is 1.84. The molecule has 0 heterocycles. The molecule has 0 spiro atoms. The van der Waals surface area contributed by atoms with Gasteiger partial charge in [0.05, 0.1) is 11.5 Å². The third kappa shape index (κ3) is 5.49. The molecule has 5 nitrogen and oxygen atoms in total. The molecule has 1 unspecified atom stereocenters. The van der Waals surface area contributed by atoms with Gasteiger partial charge < -0.3 is 16.4 Å². The molecule has 18 heavy (non-hydrogen) atoms. The first-order valence-electron chi connectivity index (χ1n) is 6.58. The van der Waals surface area contributed by atoms with Crippen LogP contribution in [0, 0.1) is 5.41 Å². The van der Waals surface area contributed by atoms with Gasteiger partial charge in [-0.25, -0.2) is 0 Å². The van der Waals surface area contributed by atoms with Gasteiger partial charge in [-0.15, -0.1) is 0 Å². The number of nitrogens with two attached hydrogens (primary N) is 1. The van der Waals surface area contributed by atoms with Gasteiger partial charge in [-0.2, -0.15) is 0 Å². The van der Waals surface area contributed by atoms with Crippen LogP contribution in [0.5, 0.6) is 0 Å². The average molecular weight is 257 g/mol. The number of hydrogen-bond donors (Lipinski definition) is 3. The van der Waals surface area contributed by atoms with Crippen molar-refractivity contribution in [3.8, 4) is 0 Å². The fourth-order valence-electron chi connectivity index (χ4n) is 1.41. The molecule has 1 atom stereocenters. The second-order valence-electron chi connectivity index (χ2n) is 5.37. The molecule has 0 aliphatic heterocycles. The maximum Gasteiger partial charge on any atom is 0.237 e. The van der Waals surface area contributed by atoms with E-state index < -0.39 is 5.41 Å². The third-order valence-electron chi connectivity index (χ3n) is 3.24. The summed E-state index contributed by atoms with van der Waals surface area (Å²) in [4.78, 5) is 23.0. The van der Waals surface area contributed by atoms with Crippen molar-refractivity contribution in [2.24, 2.45) is 11.1 Å². The Morgan fingerprint density at radius 2 is 1.72 bits per heavy atom. The molecule has 0 bridgehead atoms. The quantitative estimate of drug-likeness (QED) is 0.601. The molecule has 0 rings (SSSR count). The highest BCUT2D eigenvalue weighted by Gasteiger charge is 2.26. The first-order valence-corrected chi connectivity index (χ1v) is 6.58. The molecule has 0 aromatic carbocycles. The number of primary amides is 1. The standard InChI is InChI=1S/C13H27N3O2/c1-6-10(7-2)16-11(17)9(3)15-8-13(4,5)12(14)18/h9-10,15H,6-8H2,1-5H3,(H2,14,18)(H,16,17). The van der Waals surface area contributed by atoms with E-state index in [2.05, 4.69) is 10.6 Å². The number of carbonyl (C=O) groups is 2. The molecule has 0 fully saturated rings. The topological polar surface area (TPSA) is 84.2 Å². The fraction of sp³-hybridized carbons (Fsp3) is 0.846. The summed E-state index contributed by atoms with van der Waals surface area (Å²) in [5.74, 6) is -0.411. The normalized spacial score (nSPS) is 13.4. The summed E-state index contributed by atoms with van der Waals surface area (Å²) < 4.78 is 0. The Morgan fingerprint density at radius 1 is 1.22 bits per heavy atom. The highest BCUT2D eigenvalue weighted by atomic mass is 16.2. The lowest BCUT2D eigenvalue weighted by atomic mass is 9.92. The SMILES string of the molecule is CCC(CC)NC(=O)C(C)NCC(C)(C)C(N)=O. The van der Waals surface area contributed by atoms with Gasteiger partial charge in [-0.3, -0.25) is 9.59 Å². The van der Waals surface area contributed by atoms with E-state index in [4.69, 9.17) is 5.73 Å². The van der Waals surface area contributed by atoms with E-state index in [0.29, 0.717) is 6.54 Å². The van der Waals surface area contributed by atoms with Crippen LogP contribution >= 0.6 is 0 Å². The number of nitrogens with one attached hydrogen (secondary N) is 2. The zero-order chi connectivity index (χ0) is 14.3. The van der Waals surface area contributed by atoms with Crippen LogP contribution < -0.4 is 16.4 Å². The lowest BCUT2D eigenvalue weighted by molar-refractivity contribution is -0.127. The molecule has 0 radical (unpaired) electrons. The lowest BCUT2D eigenvalue weighted by Crippen LogP contribution is -2.50. The predicted molar refractivity (Wildman–Crippen MR) is 73.0 cm³/mol. The number of hydrogen-bond acceptors (Lipinski definition) is 3. The Hall–Kier alpha value is -1.10. The highest BCUT2D eigenvalue weighted by Crippen LogP contribution is 2.12. The number of amides is 2. The second-order valence-corrected chi connectivity index (χ2v) is 5.37. The smallest absolute Gasteiger partial charge is 0.237 e. The van der Waals surface area contributed by atoms with Crippen molar-refractivity contribution >= 4 is 11.8 Å². The number of rotatable bonds is 8. The summed E-state index contributed by atoms with van der Waals surface area (Å²) in [5.41, 5.74) is 4.63. The van der Waals surface area contributed by atoms with E-state index in [9.17, 15) is 9.59 Å². The van der Waals surface area contributed by atoms with Crippen LogP contribution in [-0.2, 0) is 9.59 Å². The van der Waals surface area contributed by atoms with Gasteiger partial charge in [0.15, 0.2) is 0 Å². The predicted octanol–water partition coefficient (Wildman–Crippen LogP) is 0.781. The van der Waals surface area contributed by atoms with Crippen molar-refractivity contribution < 1.29 is 9.59 Å². The zero-order valence-electron chi connectivity index (χ0n) is 12.2. The first kappa shape index (κ1) is 16.9. The maximum absolute atomic E-state index is 11.9. The van der Waals surface area contributed by atoms with E-state index >= 15 is 0 Å². The fourth-order valence-corrected chi connectivity index (χ4v) is 1.41. The van der Waals surface area contributed by atoms with Crippen LogP contribution in [0.1, 0.15) is 47.5 Å². The Balaban J connectivity index is 4.21. The van der Waals surface area contributed by atoms with Gasteiger partial charge in [0.1, 0.15) is 0 Å². The van der Waals surface area contributed by atoms with E-state index in [0.717, 1.165) is 12.8 Å². The van der Waals surface area contributed by atoms with Gasteiger partial charge in [-0.1, -0.05) is 13.8 Å². The Kier molecular flexibility index (Phi) is 6.91. The minimum absolute atomic E-state index is 0.0380. The van der Waals surface area contributed by atoms with Crippen molar-refractivity contribution in [2.75, 3.05) is 6.54 Å². The summed E-state index contributed by atoms with van der Waals surface area (Å²) in [6, 6.07) is -0.116. The third-order valence-corrected chi connectivity index (χ3v) is 3.24. The number of carbonyl (C=O) groups excluding carboxylic acids is 2. The summed E-state index contributed by atoms with van der Waals surface area (Å²) >= 11 is 0. The molecule has 0 saturated heterocycles. The van der Waals surface area contributed by atoms with E-state index in [1.807, 2.05) is 13.8 Å². The van der Waals surface area contributed by atoms with Crippen LogP contribution in [0.3, 0.4) is 0 Å². The van der Waals surface area contributed by atoms with Crippen LogP contribution in [0.2, 0.25) is 0 Å². The summed E-state index contributed by atoms with van der Waals surface area (Å²) in [7, 11) is 0. The first-order chi connectivity index (χ1) is 8.24. The highest BCUT2D eigenvalue weighted by molar-refractivity contribution is 5.82. The molecule has 0 aliphatic carbocycles. The summed E-state index contributed by atoms with van der Waals surface area (Å²) in [5, 5.41) is 6.01. The van der Waals surface area contributed by atoms with E-state index in [1.54, 1.807) is 20.8 Å². The van der Waals surface area contributed by atoms with E-state index in [-0.39, 0.29) is 23.9 Å². The minimum atomic E-state index is -0.649. The largest absolute Gasteiger partial charge is 0.369 e. The molecule has 0 aromatic rings. The average Bonchev–Trinajstić information content (AvgIpc) is 2.32. The maximum atomic E-state index is 11.9. The Morgan fingerprint density at radius 3 is 2.11 bits per heavy atom. The van der Waals surface area contributed by atoms with Gasteiger partial charge in [0.2, 0.25) is 11.8 Å². The van der Waals surface area contributed by atoms with Crippen LogP contribution in [-0.4, -0.2) is 30.4 Å². The van der Waals surface area contributed by atoms with Crippen molar-refractivity contribution in [3.05, 3.63) is 0 Å². The molecule has 0 aromatic heterocycles. The van der Waals surface area contributed by atoms with Crippen LogP contribution in [0.25, 0.3) is 0 Å². The Labute approximate surface area is 110 Å². The molecule has 4 N–H and O–H groups in total. The Bertz CT molecular complexity index is 286. The molecule has 5 heteroatoms. The van der Waals surface area contributed by atoms with Gasteiger partial charge in [0.25, 0.3) is 0 Å². The molecule has 2 amide bonds.